The molecule has 1 aromatic rings. The van der Waals surface area contributed by atoms with Crippen LogP contribution in [0, 0.1) is 5.82 Å². The zero-order valence-corrected chi connectivity index (χ0v) is 7.99. The second kappa shape index (κ2) is 3.83. The predicted octanol–water partition coefficient (Wildman–Crippen LogP) is 2.79. The largest absolute Gasteiger partial charge is 0.326 e. The van der Waals surface area contributed by atoms with Crippen molar-refractivity contribution in [3.63, 3.8) is 0 Å². The fourth-order valence-electron chi connectivity index (χ4n) is 0.766. The summed E-state index contributed by atoms with van der Waals surface area (Å²) in [4.78, 5) is 1.59. The third-order valence-corrected chi connectivity index (χ3v) is 2.01. The van der Waals surface area contributed by atoms with Crippen molar-refractivity contribution in [2.45, 2.75) is 0 Å². The van der Waals surface area contributed by atoms with E-state index in [-0.39, 0.29) is 10.3 Å². The summed E-state index contributed by atoms with van der Waals surface area (Å²) in [6.45, 7) is 0. The minimum absolute atomic E-state index is 0.238. The number of halogens is 2. The molecule has 0 spiro atoms. The third kappa shape index (κ3) is 2.16. The summed E-state index contributed by atoms with van der Waals surface area (Å²) in [7, 11) is 1.72. The molecule has 0 amide bonds. The second-order valence-corrected chi connectivity index (χ2v) is 3.26. The van der Waals surface area contributed by atoms with E-state index in [2.05, 4.69) is 0 Å². The van der Waals surface area contributed by atoms with Gasteiger partial charge in [-0.25, -0.2) is 4.39 Å². The highest BCUT2D eigenvalue weighted by Gasteiger charge is 2.02. The van der Waals surface area contributed by atoms with Crippen LogP contribution in [0.3, 0.4) is 0 Å². The average Bonchev–Trinajstić information content (AvgIpc) is 2.04. The molecule has 0 saturated heterocycles. The van der Waals surface area contributed by atoms with Gasteiger partial charge in [0.15, 0.2) is 4.45 Å². The molecular formula is C8H7ClFNS. The maximum absolute atomic E-state index is 12.5. The van der Waals surface area contributed by atoms with E-state index in [1.54, 1.807) is 24.1 Å². The van der Waals surface area contributed by atoms with Crippen molar-refractivity contribution in [3.8, 4) is 0 Å². The summed E-state index contributed by atoms with van der Waals surface area (Å²) in [6.07, 6.45) is 0. The number of nitrogens with zero attached hydrogens (tertiary/aromatic N) is 1. The van der Waals surface area contributed by atoms with Crippen LogP contribution in [0.25, 0.3) is 0 Å². The lowest BCUT2D eigenvalue weighted by molar-refractivity contribution is 0.628. The fourth-order valence-corrected chi connectivity index (χ4v) is 0.969. The van der Waals surface area contributed by atoms with Crippen LogP contribution >= 0.6 is 23.8 Å². The second-order valence-electron chi connectivity index (χ2n) is 2.29. The molecule has 0 atom stereocenters. The molecule has 0 heterocycles. The predicted molar refractivity (Wildman–Crippen MR) is 53.3 cm³/mol. The Bertz CT molecular complexity index is 286. The fraction of sp³-hybridized carbons (Fsp3) is 0.125. The highest BCUT2D eigenvalue weighted by atomic mass is 35.5. The number of hydrogen-bond donors (Lipinski definition) is 0. The minimum Gasteiger partial charge on any atom is -0.326 e. The molecule has 0 aliphatic heterocycles. The van der Waals surface area contributed by atoms with Gasteiger partial charge in [-0.2, -0.15) is 0 Å². The van der Waals surface area contributed by atoms with E-state index >= 15 is 0 Å². The topological polar surface area (TPSA) is 3.24 Å². The molecule has 1 rings (SSSR count). The van der Waals surface area contributed by atoms with Crippen molar-refractivity contribution < 1.29 is 4.39 Å². The van der Waals surface area contributed by atoms with Gasteiger partial charge in [0.1, 0.15) is 5.82 Å². The van der Waals surface area contributed by atoms with E-state index in [0.717, 1.165) is 5.69 Å². The van der Waals surface area contributed by atoms with Crippen LogP contribution in [0.1, 0.15) is 0 Å². The van der Waals surface area contributed by atoms with E-state index in [1.165, 1.54) is 12.1 Å². The molecule has 0 N–H and O–H groups in total. The summed E-state index contributed by atoms with van der Waals surface area (Å²) in [5.41, 5.74) is 0.774. The Balaban J connectivity index is 2.89. The Morgan fingerprint density at radius 3 is 2.33 bits per heavy atom. The number of rotatable bonds is 1. The van der Waals surface area contributed by atoms with E-state index < -0.39 is 0 Å². The molecule has 4 heteroatoms. The van der Waals surface area contributed by atoms with Crippen molar-refractivity contribution in [1.82, 2.24) is 0 Å². The van der Waals surface area contributed by atoms with Crippen LogP contribution in [-0.4, -0.2) is 11.5 Å². The number of thiocarbonyl (C=S) groups is 1. The molecule has 0 unspecified atom stereocenters. The lowest BCUT2D eigenvalue weighted by atomic mass is 10.3. The van der Waals surface area contributed by atoms with Gasteiger partial charge < -0.3 is 4.90 Å². The van der Waals surface area contributed by atoms with Crippen molar-refractivity contribution in [2.75, 3.05) is 11.9 Å². The lowest BCUT2D eigenvalue weighted by Gasteiger charge is -2.14. The summed E-state index contributed by atoms with van der Waals surface area (Å²) < 4.78 is 12.7. The van der Waals surface area contributed by atoms with Gasteiger partial charge in [-0.05, 0) is 36.5 Å². The maximum Gasteiger partial charge on any atom is 0.174 e. The van der Waals surface area contributed by atoms with Crippen molar-refractivity contribution >= 4 is 34.0 Å². The molecule has 1 aromatic carbocycles. The molecule has 0 aromatic heterocycles. The standard InChI is InChI=1S/C8H7ClFNS/c1-11(8(9)12)7-4-2-6(10)3-5-7/h2-5H,1H3. The minimum atomic E-state index is -0.271. The van der Waals surface area contributed by atoms with Gasteiger partial charge in [-0.3, -0.25) is 0 Å². The normalized spacial score (nSPS) is 9.58. The Morgan fingerprint density at radius 1 is 1.42 bits per heavy atom. The molecule has 12 heavy (non-hydrogen) atoms. The number of anilines is 1. The number of benzene rings is 1. The Labute approximate surface area is 80.7 Å². The number of hydrogen-bond acceptors (Lipinski definition) is 1. The van der Waals surface area contributed by atoms with Gasteiger partial charge >= 0.3 is 0 Å². The highest BCUT2D eigenvalue weighted by molar-refractivity contribution is 7.83. The highest BCUT2D eigenvalue weighted by Crippen LogP contribution is 2.14. The first-order valence-electron chi connectivity index (χ1n) is 3.30. The Morgan fingerprint density at radius 2 is 1.92 bits per heavy atom. The van der Waals surface area contributed by atoms with Crippen LogP contribution in [-0.2, 0) is 0 Å². The molecule has 1 nitrogen and oxygen atoms in total. The van der Waals surface area contributed by atoms with Gasteiger partial charge in [-0.15, -0.1) is 0 Å². The molecule has 0 aliphatic rings. The molecule has 64 valence electrons. The molecule has 0 aliphatic carbocycles. The van der Waals surface area contributed by atoms with Crippen LogP contribution in [0.5, 0.6) is 0 Å². The first-order chi connectivity index (χ1) is 5.61. The average molecular weight is 204 g/mol. The van der Waals surface area contributed by atoms with Crippen LogP contribution in [0.15, 0.2) is 24.3 Å². The smallest absolute Gasteiger partial charge is 0.174 e. The SMILES string of the molecule is CN(C(=S)Cl)c1ccc(F)cc1. The lowest BCUT2D eigenvalue weighted by Crippen LogP contribution is -2.18. The monoisotopic (exact) mass is 203 g/mol. The Hall–Kier alpha value is -0.670. The molecule has 0 radical (unpaired) electrons. The van der Waals surface area contributed by atoms with E-state index in [0.29, 0.717) is 0 Å². The van der Waals surface area contributed by atoms with E-state index in [9.17, 15) is 4.39 Å². The van der Waals surface area contributed by atoms with Crippen molar-refractivity contribution in [3.05, 3.63) is 30.1 Å². The summed E-state index contributed by atoms with van der Waals surface area (Å²) in [5.74, 6) is -0.271. The van der Waals surface area contributed by atoms with E-state index in [1.807, 2.05) is 0 Å². The van der Waals surface area contributed by atoms with Gasteiger partial charge in [0.05, 0.1) is 0 Å². The molecular weight excluding hydrogens is 197 g/mol. The first-order valence-corrected chi connectivity index (χ1v) is 4.08. The van der Waals surface area contributed by atoms with Gasteiger partial charge in [-0.1, -0.05) is 11.6 Å². The maximum atomic E-state index is 12.5. The van der Waals surface area contributed by atoms with E-state index in [4.69, 9.17) is 23.8 Å². The third-order valence-electron chi connectivity index (χ3n) is 1.48. The molecule has 0 fully saturated rings. The van der Waals surface area contributed by atoms with Gasteiger partial charge in [0.2, 0.25) is 0 Å². The summed E-state index contributed by atoms with van der Waals surface area (Å²) >= 11 is 10.3. The molecule has 0 saturated carbocycles. The quantitative estimate of drug-likeness (QED) is 0.392. The van der Waals surface area contributed by atoms with Crippen molar-refractivity contribution in [2.24, 2.45) is 0 Å². The zero-order chi connectivity index (χ0) is 9.14. The van der Waals surface area contributed by atoms with Gasteiger partial charge in [0.25, 0.3) is 0 Å². The molecule has 0 bridgehead atoms. The van der Waals surface area contributed by atoms with Crippen LogP contribution < -0.4 is 4.90 Å². The van der Waals surface area contributed by atoms with Crippen LogP contribution in [0.4, 0.5) is 10.1 Å². The van der Waals surface area contributed by atoms with Gasteiger partial charge in [0, 0.05) is 12.7 Å². The zero-order valence-electron chi connectivity index (χ0n) is 6.42. The first kappa shape index (κ1) is 9.42. The summed E-state index contributed by atoms with van der Waals surface area (Å²) in [5, 5.41) is 0. The van der Waals surface area contributed by atoms with Crippen molar-refractivity contribution in [1.29, 1.82) is 0 Å². The summed E-state index contributed by atoms with van der Waals surface area (Å²) in [6, 6.07) is 5.95. The van der Waals surface area contributed by atoms with Crippen LogP contribution in [0.2, 0.25) is 0 Å². The Kier molecular flexibility index (Phi) is 3.00.